The van der Waals surface area contributed by atoms with Gasteiger partial charge in [-0.2, -0.15) is 0 Å². The normalized spacial score (nSPS) is 11.9. The zero-order chi connectivity index (χ0) is 13.8. The number of carbonyl (C=O) groups is 1. The van der Waals surface area contributed by atoms with E-state index in [9.17, 15) is 4.79 Å². The quantitative estimate of drug-likeness (QED) is 0.656. The molecule has 0 radical (unpaired) electrons. The summed E-state index contributed by atoms with van der Waals surface area (Å²) in [5.41, 5.74) is 1.01. The van der Waals surface area contributed by atoms with Crippen molar-refractivity contribution in [1.29, 1.82) is 0 Å². The smallest absolute Gasteiger partial charge is 0.373 e. The van der Waals surface area contributed by atoms with Gasteiger partial charge in [0.05, 0.1) is 13.2 Å². The molecule has 0 aliphatic carbocycles. The fourth-order valence-electron chi connectivity index (χ4n) is 1.70. The number of hydrogen-bond acceptors (Lipinski definition) is 4. The van der Waals surface area contributed by atoms with Gasteiger partial charge in [0.2, 0.25) is 5.76 Å². The third-order valence-corrected chi connectivity index (χ3v) is 3.32. The minimum absolute atomic E-state index is 0.0309. The van der Waals surface area contributed by atoms with Crippen LogP contribution in [0.2, 0.25) is 0 Å². The van der Waals surface area contributed by atoms with E-state index in [1.54, 1.807) is 12.1 Å². The Kier molecular flexibility index (Phi) is 4.47. The zero-order valence-electron chi connectivity index (χ0n) is 10.6. The molecule has 0 amide bonds. The monoisotopic (exact) mass is 371 g/mol. The Morgan fingerprint density at radius 1 is 1.37 bits per heavy atom. The Hall–Kier alpha value is -1.50. The Balaban J connectivity index is 2.09. The van der Waals surface area contributed by atoms with E-state index in [1.807, 2.05) is 31.2 Å². The molecule has 0 aliphatic rings. The van der Waals surface area contributed by atoms with Crippen LogP contribution in [0.5, 0.6) is 0 Å². The van der Waals surface area contributed by atoms with Crippen molar-refractivity contribution >= 4 is 34.2 Å². The fourth-order valence-corrected chi connectivity index (χ4v) is 2.24. The molecular formula is C14H14INO3. The van der Waals surface area contributed by atoms with Crippen LogP contribution < -0.4 is 5.32 Å². The van der Waals surface area contributed by atoms with Gasteiger partial charge < -0.3 is 14.5 Å². The molecule has 1 aromatic heterocycles. The maximum atomic E-state index is 11.3. The topological polar surface area (TPSA) is 51.5 Å². The van der Waals surface area contributed by atoms with Gasteiger partial charge in [0, 0.05) is 9.26 Å². The van der Waals surface area contributed by atoms with Gasteiger partial charge in [-0.3, -0.25) is 0 Å². The van der Waals surface area contributed by atoms with Gasteiger partial charge in [-0.1, -0.05) is 6.07 Å². The van der Waals surface area contributed by atoms with Crippen LogP contribution >= 0.6 is 22.6 Å². The van der Waals surface area contributed by atoms with E-state index in [4.69, 9.17) is 4.42 Å². The number of anilines is 1. The third kappa shape index (κ3) is 3.50. The van der Waals surface area contributed by atoms with Crippen LogP contribution in [0.25, 0.3) is 0 Å². The second-order valence-corrected chi connectivity index (χ2v) is 5.32. The lowest BCUT2D eigenvalue weighted by Gasteiger charge is -2.13. The van der Waals surface area contributed by atoms with E-state index in [2.05, 4.69) is 32.6 Å². The van der Waals surface area contributed by atoms with Crippen LogP contribution in [0.1, 0.15) is 29.3 Å². The number of ether oxygens (including phenoxy) is 1. The number of furan rings is 1. The van der Waals surface area contributed by atoms with Crippen molar-refractivity contribution in [3.63, 3.8) is 0 Å². The highest BCUT2D eigenvalue weighted by atomic mass is 127. The van der Waals surface area contributed by atoms with E-state index in [-0.39, 0.29) is 11.8 Å². The summed E-state index contributed by atoms with van der Waals surface area (Å²) in [6.07, 6.45) is 0. The molecule has 0 bridgehead atoms. The molecule has 0 spiro atoms. The van der Waals surface area contributed by atoms with Crippen LogP contribution in [0.3, 0.4) is 0 Å². The molecule has 100 valence electrons. The second-order valence-electron chi connectivity index (χ2n) is 4.07. The molecule has 0 fully saturated rings. The largest absolute Gasteiger partial charge is 0.463 e. The SMILES string of the molecule is COC(=O)c1ccc(C(C)Nc2cccc(I)c2)o1. The molecule has 0 aliphatic heterocycles. The van der Waals surface area contributed by atoms with Gasteiger partial charge in [0.1, 0.15) is 5.76 Å². The van der Waals surface area contributed by atoms with Crippen LogP contribution in [0, 0.1) is 3.57 Å². The van der Waals surface area contributed by atoms with Crippen molar-refractivity contribution in [2.45, 2.75) is 13.0 Å². The number of nitrogens with one attached hydrogen (secondary N) is 1. The van der Waals surface area contributed by atoms with Crippen molar-refractivity contribution < 1.29 is 13.9 Å². The highest BCUT2D eigenvalue weighted by Crippen LogP contribution is 2.22. The Bertz CT molecular complexity index is 580. The van der Waals surface area contributed by atoms with Crippen LogP contribution in [0.4, 0.5) is 5.69 Å². The molecule has 19 heavy (non-hydrogen) atoms. The fraction of sp³-hybridized carbons (Fsp3) is 0.214. The van der Waals surface area contributed by atoms with Crippen molar-refractivity contribution in [3.8, 4) is 0 Å². The van der Waals surface area contributed by atoms with E-state index in [0.717, 1.165) is 9.26 Å². The zero-order valence-corrected chi connectivity index (χ0v) is 12.8. The number of carbonyl (C=O) groups excluding carboxylic acids is 1. The first kappa shape index (κ1) is 13.9. The summed E-state index contributed by atoms with van der Waals surface area (Å²) < 4.78 is 11.2. The van der Waals surface area contributed by atoms with Crippen LogP contribution in [-0.2, 0) is 4.74 Å². The average molecular weight is 371 g/mol. The predicted molar refractivity (Wildman–Crippen MR) is 81.2 cm³/mol. The molecule has 5 heteroatoms. The van der Waals surface area contributed by atoms with E-state index in [1.165, 1.54) is 7.11 Å². The highest BCUT2D eigenvalue weighted by molar-refractivity contribution is 14.1. The number of benzene rings is 1. The van der Waals surface area contributed by atoms with Crippen LogP contribution in [-0.4, -0.2) is 13.1 Å². The number of hydrogen-bond donors (Lipinski definition) is 1. The molecule has 2 aromatic rings. The molecule has 0 saturated heterocycles. The summed E-state index contributed by atoms with van der Waals surface area (Å²) in [5.74, 6) is 0.445. The molecule has 1 atom stereocenters. The lowest BCUT2D eigenvalue weighted by atomic mass is 10.2. The highest BCUT2D eigenvalue weighted by Gasteiger charge is 2.15. The second kappa shape index (κ2) is 6.10. The molecule has 1 N–H and O–H groups in total. The summed E-state index contributed by atoms with van der Waals surface area (Å²) in [6.45, 7) is 1.97. The first-order valence-electron chi connectivity index (χ1n) is 5.80. The standard InChI is InChI=1S/C14H14INO3/c1-9(16-11-5-3-4-10(15)8-11)12-6-7-13(19-12)14(17)18-2/h3-9,16H,1-2H3. The Labute approximate surface area is 125 Å². The summed E-state index contributed by atoms with van der Waals surface area (Å²) in [6, 6.07) is 11.4. The summed E-state index contributed by atoms with van der Waals surface area (Å²) in [7, 11) is 1.33. The van der Waals surface area contributed by atoms with Crippen molar-refractivity contribution in [2.24, 2.45) is 0 Å². The molecule has 0 saturated carbocycles. The Morgan fingerprint density at radius 3 is 2.84 bits per heavy atom. The summed E-state index contributed by atoms with van der Waals surface area (Å²) in [4.78, 5) is 11.3. The number of halogens is 1. The predicted octanol–water partition coefficient (Wildman–Crippen LogP) is 3.84. The van der Waals surface area contributed by atoms with Gasteiger partial charge in [-0.25, -0.2) is 4.79 Å². The number of esters is 1. The molecule has 2 rings (SSSR count). The molecule has 1 aromatic carbocycles. The number of rotatable bonds is 4. The van der Waals surface area contributed by atoms with Crippen molar-refractivity contribution in [2.75, 3.05) is 12.4 Å². The maximum absolute atomic E-state index is 11.3. The summed E-state index contributed by atoms with van der Waals surface area (Å²) >= 11 is 2.26. The van der Waals surface area contributed by atoms with Gasteiger partial charge >= 0.3 is 5.97 Å². The van der Waals surface area contributed by atoms with Crippen molar-refractivity contribution in [3.05, 3.63) is 51.5 Å². The number of methoxy groups -OCH3 is 1. The van der Waals surface area contributed by atoms with Gasteiger partial charge in [-0.05, 0) is 59.8 Å². The third-order valence-electron chi connectivity index (χ3n) is 2.65. The minimum Gasteiger partial charge on any atom is -0.463 e. The Morgan fingerprint density at radius 2 is 2.16 bits per heavy atom. The maximum Gasteiger partial charge on any atom is 0.373 e. The average Bonchev–Trinajstić information content (AvgIpc) is 2.87. The van der Waals surface area contributed by atoms with E-state index in [0.29, 0.717) is 5.76 Å². The van der Waals surface area contributed by atoms with Gasteiger partial charge in [0.15, 0.2) is 0 Å². The van der Waals surface area contributed by atoms with E-state index >= 15 is 0 Å². The minimum atomic E-state index is -0.465. The lowest BCUT2D eigenvalue weighted by Crippen LogP contribution is -2.06. The van der Waals surface area contributed by atoms with Crippen molar-refractivity contribution in [1.82, 2.24) is 0 Å². The first-order valence-corrected chi connectivity index (χ1v) is 6.88. The van der Waals surface area contributed by atoms with Crippen LogP contribution in [0.15, 0.2) is 40.8 Å². The molecule has 1 heterocycles. The first-order chi connectivity index (χ1) is 9.10. The molecule has 4 nitrogen and oxygen atoms in total. The lowest BCUT2D eigenvalue weighted by molar-refractivity contribution is 0.0562. The van der Waals surface area contributed by atoms with Gasteiger partial charge in [0.25, 0.3) is 0 Å². The summed E-state index contributed by atoms with van der Waals surface area (Å²) in [5, 5.41) is 3.32. The van der Waals surface area contributed by atoms with Gasteiger partial charge in [-0.15, -0.1) is 0 Å². The van der Waals surface area contributed by atoms with E-state index < -0.39 is 5.97 Å². The molecular weight excluding hydrogens is 357 g/mol. The molecule has 1 unspecified atom stereocenters.